The Bertz CT molecular complexity index is 318. The van der Waals surface area contributed by atoms with E-state index >= 15 is 0 Å². The highest BCUT2D eigenvalue weighted by atomic mass is 16.5. The summed E-state index contributed by atoms with van der Waals surface area (Å²) in [5, 5.41) is 3.38. The lowest BCUT2D eigenvalue weighted by Gasteiger charge is -2.05. The van der Waals surface area contributed by atoms with E-state index in [1.54, 1.807) is 6.26 Å². The van der Waals surface area contributed by atoms with Gasteiger partial charge in [0.1, 0.15) is 12.4 Å². The average Bonchev–Trinajstić information content (AvgIpc) is 3.06. The lowest BCUT2D eigenvalue weighted by atomic mass is 10.2. The van der Waals surface area contributed by atoms with Crippen molar-refractivity contribution in [3.63, 3.8) is 0 Å². The Morgan fingerprint density at radius 2 is 2.35 bits per heavy atom. The zero-order valence-electron chi connectivity index (χ0n) is 10.7. The number of furan rings is 1. The first-order chi connectivity index (χ1) is 8.40. The maximum atomic E-state index is 5.65. The summed E-state index contributed by atoms with van der Waals surface area (Å²) in [5.41, 5.74) is 1.23. The van der Waals surface area contributed by atoms with Gasteiger partial charge in [0.2, 0.25) is 0 Å². The predicted molar refractivity (Wildman–Crippen MR) is 67.7 cm³/mol. The van der Waals surface area contributed by atoms with Gasteiger partial charge in [0.25, 0.3) is 0 Å². The van der Waals surface area contributed by atoms with Crippen molar-refractivity contribution in [2.75, 3.05) is 13.2 Å². The lowest BCUT2D eigenvalue weighted by Crippen LogP contribution is -2.14. The zero-order valence-corrected chi connectivity index (χ0v) is 10.7. The van der Waals surface area contributed by atoms with Crippen LogP contribution in [0.3, 0.4) is 0 Å². The monoisotopic (exact) mass is 237 g/mol. The summed E-state index contributed by atoms with van der Waals surface area (Å²) in [6.45, 7) is 5.58. The van der Waals surface area contributed by atoms with Crippen molar-refractivity contribution in [1.29, 1.82) is 0 Å². The molecule has 1 N–H and O–H groups in total. The third-order valence-corrected chi connectivity index (χ3v) is 3.18. The molecular formula is C14H23NO2. The normalized spacial score (nSPS) is 15.4. The molecule has 0 saturated heterocycles. The minimum Gasteiger partial charge on any atom is -0.467 e. The second-order valence-electron chi connectivity index (χ2n) is 4.83. The largest absolute Gasteiger partial charge is 0.467 e. The summed E-state index contributed by atoms with van der Waals surface area (Å²) in [5.74, 6) is 1.92. The minimum atomic E-state index is 0.614. The van der Waals surface area contributed by atoms with Gasteiger partial charge in [0, 0.05) is 18.7 Å². The molecule has 96 valence electrons. The SMILES string of the molecule is CCCNCc1ccoc1COCCC1CC1. The Labute approximate surface area is 104 Å². The molecule has 0 unspecified atom stereocenters. The molecule has 1 saturated carbocycles. The molecule has 1 aromatic heterocycles. The molecule has 2 rings (SSSR count). The molecule has 0 bridgehead atoms. The number of nitrogens with one attached hydrogen (secondary N) is 1. The van der Waals surface area contributed by atoms with Gasteiger partial charge in [-0.25, -0.2) is 0 Å². The van der Waals surface area contributed by atoms with Gasteiger partial charge in [0.05, 0.1) is 6.26 Å². The molecule has 0 radical (unpaired) electrons. The third-order valence-electron chi connectivity index (χ3n) is 3.18. The number of hydrogen-bond donors (Lipinski definition) is 1. The smallest absolute Gasteiger partial charge is 0.133 e. The van der Waals surface area contributed by atoms with Gasteiger partial charge in [-0.1, -0.05) is 19.8 Å². The molecule has 1 aliphatic rings. The summed E-state index contributed by atoms with van der Waals surface area (Å²) in [6, 6.07) is 2.03. The van der Waals surface area contributed by atoms with Crippen LogP contribution in [0.2, 0.25) is 0 Å². The van der Waals surface area contributed by atoms with E-state index in [1.807, 2.05) is 6.07 Å². The summed E-state index contributed by atoms with van der Waals surface area (Å²) in [4.78, 5) is 0. The fourth-order valence-electron chi connectivity index (χ4n) is 1.87. The fraction of sp³-hybridized carbons (Fsp3) is 0.714. The first-order valence-corrected chi connectivity index (χ1v) is 6.74. The van der Waals surface area contributed by atoms with Crippen molar-refractivity contribution in [2.24, 2.45) is 5.92 Å². The molecular weight excluding hydrogens is 214 g/mol. The van der Waals surface area contributed by atoms with Gasteiger partial charge >= 0.3 is 0 Å². The van der Waals surface area contributed by atoms with Crippen LogP contribution >= 0.6 is 0 Å². The first-order valence-electron chi connectivity index (χ1n) is 6.74. The van der Waals surface area contributed by atoms with E-state index in [0.717, 1.165) is 37.8 Å². The second kappa shape index (κ2) is 6.82. The van der Waals surface area contributed by atoms with Crippen LogP contribution in [-0.4, -0.2) is 13.2 Å². The van der Waals surface area contributed by atoms with Gasteiger partial charge in [-0.05, 0) is 31.4 Å². The van der Waals surface area contributed by atoms with Crippen molar-refractivity contribution >= 4 is 0 Å². The summed E-state index contributed by atoms with van der Waals surface area (Å²) in [7, 11) is 0. The minimum absolute atomic E-state index is 0.614. The van der Waals surface area contributed by atoms with Crippen LogP contribution in [-0.2, 0) is 17.9 Å². The Hall–Kier alpha value is -0.800. The van der Waals surface area contributed by atoms with E-state index in [2.05, 4.69) is 12.2 Å². The second-order valence-corrected chi connectivity index (χ2v) is 4.83. The fourth-order valence-corrected chi connectivity index (χ4v) is 1.87. The molecule has 0 aliphatic heterocycles. The van der Waals surface area contributed by atoms with Crippen molar-refractivity contribution < 1.29 is 9.15 Å². The van der Waals surface area contributed by atoms with Crippen LogP contribution in [0.15, 0.2) is 16.7 Å². The van der Waals surface area contributed by atoms with E-state index in [0.29, 0.717) is 6.61 Å². The zero-order chi connectivity index (χ0) is 11.9. The predicted octanol–water partition coefficient (Wildman–Crippen LogP) is 3.10. The highest BCUT2D eigenvalue weighted by Crippen LogP contribution is 2.32. The van der Waals surface area contributed by atoms with Gasteiger partial charge in [-0.3, -0.25) is 0 Å². The van der Waals surface area contributed by atoms with Crippen LogP contribution in [0.25, 0.3) is 0 Å². The van der Waals surface area contributed by atoms with Crippen LogP contribution in [0.1, 0.15) is 43.9 Å². The van der Waals surface area contributed by atoms with Crippen LogP contribution < -0.4 is 5.32 Å². The van der Waals surface area contributed by atoms with E-state index in [1.165, 1.54) is 24.8 Å². The van der Waals surface area contributed by atoms with Crippen molar-refractivity contribution in [3.8, 4) is 0 Å². The van der Waals surface area contributed by atoms with E-state index in [-0.39, 0.29) is 0 Å². The van der Waals surface area contributed by atoms with Gasteiger partial charge < -0.3 is 14.5 Å². The number of ether oxygens (including phenoxy) is 1. The molecule has 3 heteroatoms. The Balaban J connectivity index is 1.65. The van der Waals surface area contributed by atoms with Gasteiger partial charge in [0.15, 0.2) is 0 Å². The Kier molecular flexibility index (Phi) is 5.08. The molecule has 17 heavy (non-hydrogen) atoms. The van der Waals surface area contributed by atoms with E-state index < -0.39 is 0 Å². The van der Waals surface area contributed by atoms with Crippen molar-refractivity contribution in [3.05, 3.63) is 23.7 Å². The van der Waals surface area contributed by atoms with E-state index in [9.17, 15) is 0 Å². The highest BCUT2D eigenvalue weighted by Gasteiger charge is 2.20. The molecule has 1 aromatic rings. The van der Waals surface area contributed by atoms with Gasteiger partial charge in [-0.2, -0.15) is 0 Å². The molecule has 0 amide bonds. The summed E-state index contributed by atoms with van der Waals surface area (Å²) < 4.78 is 11.1. The van der Waals surface area contributed by atoms with Crippen molar-refractivity contribution in [1.82, 2.24) is 5.32 Å². The van der Waals surface area contributed by atoms with E-state index in [4.69, 9.17) is 9.15 Å². The van der Waals surface area contributed by atoms with Crippen molar-refractivity contribution in [2.45, 2.75) is 45.8 Å². The number of rotatable bonds is 9. The molecule has 3 nitrogen and oxygen atoms in total. The third kappa shape index (κ3) is 4.52. The molecule has 1 aliphatic carbocycles. The molecule has 0 aromatic carbocycles. The first kappa shape index (κ1) is 12.7. The maximum absolute atomic E-state index is 5.65. The van der Waals surface area contributed by atoms with Gasteiger partial charge in [-0.15, -0.1) is 0 Å². The average molecular weight is 237 g/mol. The highest BCUT2D eigenvalue weighted by molar-refractivity contribution is 5.16. The molecule has 0 spiro atoms. The summed E-state index contributed by atoms with van der Waals surface area (Å²) >= 11 is 0. The summed E-state index contributed by atoms with van der Waals surface area (Å²) in [6.07, 6.45) is 6.92. The van der Waals surface area contributed by atoms with Crippen LogP contribution in [0.5, 0.6) is 0 Å². The molecule has 1 heterocycles. The Morgan fingerprint density at radius 3 is 3.12 bits per heavy atom. The molecule has 0 atom stereocenters. The maximum Gasteiger partial charge on any atom is 0.133 e. The van der Waals surface area contributed by atoms with Crippen LogP contribution in [0.4, 0.5) is 0 Å². The number of hydrogen-bond acceptors (Lipinski definition) is 3. The quantitative estimate of drug-likeness (QED) is 0.670. The molecule has 1 fully saturated rings. The lowest BCUT2D eigenvalue weighted by molar-refractivity contribution is 0.100. The topological polar surface area (TPSA) is 34.4 Å². The standard InChI is InChI=1S/C14H23NO2/c1-2-7-15-10-13-6-9-17-14(13)11-16-8-5-12-3-4-12/h6,9,12,15H,2-5,7-8,10-11H2,1H3. The Morgan fingerprint density at radius 1 is 1.47 bits per heavy atom. The van der Waals surface area contributed by atoms with Crippen LogP contribution in [0, 0.1) is 5.92 Å².